The van der Waals surface area contributed by atoms with Crippen molar-refractivity contribution < 1.29 is 13.6 Å². The van der Waals surface area contributed by atoms with Crippen LogP contribution in [0.1, 0.15) is 19.3 Å². The minimum absolute atomic E-state index is 0. The van der Waals surface area contributed by atoms with Crippen LogP contribution in [0.15, 0.2) is 42.5 Å². The van der Waals surface area contributed by atoms with Gasteiger partial charge in [0.05, 0.1) is 0 Å². The molecule has 4 rings (SSSR count). The van der Waals surface area contributed by atoms with Gasteiger partial charge in [-0.2, -0.15) is 0 Å². The van der Waals surface area contributed by atoms with Crippen LogP contribution in [0.3, 0.4) is 0 Å². The fourth-order valence-corrected chi connectivity index (χ4v) is 3.91. The van der Waals surface area contributed by atoms with Crippen molar-refractivity contribution in [2.75, 3.05) is 18.4 Å². The van der Waals surface area contributed by atoms with E-state index >= 15 is 0 Å². The van der Waals surface area contributed by atoms with Crippen molar-refractivity contribution in [3.63, 3.8) is 0 Å². The maximum absolute atomic E-state index is 13.7. The topological polar surface area (TPSA) is 41.1 Å². The molecule has 1 heterocycles. The Hall–Kier alpha value is -1.98. The van der Waals surface area contributed by atoms with Crippen LogP contribution < -0.4 is 10.6 Å². The predicted molar refractivity (Wildman–Crippen MR) is 100 cm³/mol. The molecule has 26 heavy (non-hydrogen) atoms. The lowest BCUT2D eigenvalue weighted by molar-refractivity contribution is -0.118. The summed E-state index contributed by atoms with van der Waals surface area (Å²) >= 11 is 0. The zero-order chi connectivity index (χ0) is 17.4. The quantitative estimate of drug-likeness (QED) is 0.832. The molecular weight excluding hydrogens is 358 g/mol. The van der Waals surface area contributed by atoms with E-state index < -0.39 is 5.82 Å². The summed E-state index contributed by atoms with van der Waals surface area (Å²) in [6.45, 7) is 1.92. The largest absolute Gasteiger partial charge is 0.325 e. The van der Waals surface area contributed by atoms with Gasteiger partial charge in [0.1, 0.15) is 11.6 Å². The molecular formula is C20H21ClF2N2O. The van der Waals surface area contributed by atoms with Gasteiger partial charge in [0, 0.05) is 17.2 Å². The van der Waals surface area contributed by atoms with Gasteiger partial charge in [0.2, 0.25) is 5.91 Å². The zero-order valence-corrected chi connectivity index (χ0v) is 15.0. The number of piperidine rings is 1. The number of hydrogen-bond acceptors (Lipinski definition) is 2. The smallest absolute Gasteiger partial charge is 0.228 e. The second-order valence-corrected chi connectivity index (χ2v) is 7.06. The zero-order valence-electron chi connectivity index (χ0n) is 14.2. The van der Waals surface area contributed by atoms with Crippen LogP contribution in [-0.4, -0.2) is 19.0 Å². The van der Waals surface area contributed by atoms with Crippen LogP contribution in [-0.2, 0) is 4.79 Å². The second-order valence-electron chi connectivity index (χ2n) is 7.06. The highest BCUT2D eigenvalue weighted by Gasteiger charge is 2.57. The number of benzene rings is 2. The van der Waals surface area contributed by atoms with Crippen LogP contribution >= 0.6 is 12.4 Å². The Labute approximate surface area is 157 Å². The normalized spacial score (nSPS) is 20.3. The third-order valence-electron chi connectivity index (χ3n) is 5.50. The summed E-state index contributed by atoms with van der Waals surface area (Å²) < 4.78 is 26.9. The fraction of sp³-hybridized carbons (Fsp3) is 0.350. The van der Waals surface area contributed by atoms with E-state index in [0.717, 1.165) is 32.4 Å². The lowest BCUT2D eigenvalue weighted by atomic mass is 9.91. The third-order valence-corrected chi connectivity index (χ3v) is 5.50. The van der Waals surface area contributed by atoms with Crippen molar-refractivity contribution in [3.8, 4) is 11.1 Å². The van der Waals surface area contributed by atoms with E-state index in [4.69, 9.17) is 0 Å². The molecule has 1 spiro atoms. The predicted octanol–water partition coefficient (Wildman–Crippen LogP) is 4.38. The van der Waals surface area contributed by atoms with Gasteiger partial charge in [-0.3, -0.25) is 4.79 Å². The summed E-state index contributed by atoms with van der Waals surface area (Å²) in [4.78, 5) is 12.7. The van der Waals surface area contributed by atoms with Crippen molar-refractivity contribution in [3.05, 3.63) is 54.1 Å². The first-order valence-electron chi connectivity index (χ1n) is 8.64. The van der Waals surface area contributed by atoms with Gasteiger partial charge in [-0.25, -0.2) is 8.78 Å². The lowest BCUT2D eigenvalue weighted by Crippen LogP contribution is -2.31. The molecule has 1 atom stereocenters. The van der Waals surface area contributed by atoms with Gasteiger partial charge in [-0.1, -0.05) is 12.1 Å². The van der Waals surface area contributed by atoms with Crippen LogP contribution in [0.2, 0.25) is 0 Å². The van der Waals surface area contributed by atoms with E-state index in [1.807, 2.05) is 0 Å². The Morgan fingerprint density at radius 1 is 1.04 bits per heavy atom. The number of carbonyl (C=O) groups is 1. The van der Waals surface area contributed by atoms with Gasteiger partial charge < -0.3 is 10.6 Å². The third kappa shape index (κ3) is 3.60. The van der Waals surface area contributed by atoms with Crippen molar-refractivity contribution in [2.45, 2.75) is 19.3 Å². The fourth-order valence-electron chi connectivity index (χ4n) is 3.91. The summed E-state index contributed by atoms with van der Waals surface area (Å²) in [7, 11) is 0. The molecule has 0 bridgehead atoms. The number of halogens is 3. The van der Waals surface area contributed by atoms with Crippen molar-refractivity contribution in [1.29, 1.82) is 0 Å². The highest BCUT2D eigenvalue weighted by Crippen LogP contribution is 2.58. The number of anilines is 1. The van der Waals surface area contributed by atoms with Crippen molar-refractivity contribution in [1.82, 2.24) is 5.32 Å². The molecule has 0 aromatic heterocycles. The van der Waals surface area contributed by atoms with Gasteiger partial charge in [-0.05, 0) is 73.7 Å². The molecule has 1 saturated carbocycles. The second kappa shape index (κ2) is 7.33. The highest BCUT2D eigenvalue weighted by atomic mass is 35.5. The summed E-state index contributed by atoms with van der Waals surface area (Å²) in [6.07, 6.45) is 2.98. The first-order valence-corrected chi connectivity index (χ1v) is 8.64. The summed E-state index contributed by atoms with van der Waals surface area (Å²) in [5.41, 5.74) is 1.94. The Bertz CT molecular complexity index is 804. The molecule has 1 aliphatic carbocycles. The molecule has 2 aromatic rings. The molecule has 2 fully saturated rings. The van der Waals surface area contributed by atoms with Crippen LogP contribution in [0.4, 0.5) is 14.5 Å². The average Bonchev–Trinajstić information content (AvgIpc) is 3.31. The van der Waals surface area contributed by atoms with Crippen LogP contribution in [0, 0.1) is 23.0 Å². The summed E-state index contributed by atoms with van der Waals surface area (Å²) in [5.74, 6) is -0.715. The van der Waals surface area contributed by atoms with E-state index in [0.29, 0.717) is 16.8 Å². The highest BCUT2D eigenvalue weighted by molar-refractivity contribution is 5.98. The molecule has 1 amide bonds. The maximum Gasteiger partial charge on any atom is 0.228 e. The number of amides is 1. The lowest BCUT2D eigenvalue weighted by Gasteiger charge is -2.23. The van der Waals surface area contributed by atoms with E-state index in [2.05, 4.69) is 10.6 Å². The van der Waals surface area contributed by atoms with Gasteiger partial charge >= 0.3 is 0 Å². The standard InChI is InChI=1S/C20H20F2N2O.ClH/c21-14-3-1-13(2-4-14)16-11-15(22)5-6-18(16)24-19(25)17-12-20(17)7-9-23-10-8-20;/h1-6,11,17,23H,7-10,12H2,(H,24,25);1H. The SMILES string of the molecule is Cl.O=C(Nc1ccc(F)cc1-c1ccc(F)cc1)C1CC12CCNCC2. The van der Waals surface area contributed by atoms with E-state index in [1.165, 1.54) is 24.3 Å². The van der Waals surface area contributed by atoms with Crippen LogP contribution in [0.25, 0.3) is 11.1 Å². The molecule has 6 heteroatoms. The average molecular weight is 379 g/mol. The minimum Gasteiger partial charge on any atom is -0.325 e. The van der Waals surface area contributed by atoms with Gasteiger partial charge in [-0.15, -0.1) is 12.4 Å². The van der Waals surface area contributed by atoms with Crippen LogP contribution in [0.5, 0.6) is 0 Å². The Morgan fingerprint density at radius 3 is 2.38 bits per heavy atom. The molecule has 2 aromatic carbocycles. The van der Waals surface area contributed by atoms with E-state index in [9.17, 15) is 13.6 Å². The number of carbonyl (C=O) groups excluding carboxylic acids is 1. The van der Waals surface area contributed by atoms with E-state index in [1.54, 1.807) is 18.2 Å². The molecule has 2 aliphatic rings. The molecule has 0 radical (unpaired) electrons. The number of nitrogens with one attached hydrogen (secondary N) is 2. The number of hydrogen-bond donors (Lipinski definition) is 2. The molecule has 1 unspecified atom stereocenters. The molecule has 1 aliphatic heterocycles. The van der Waals surface area contributed by atoms with Crippen molar-refractivity contribution >= 4 is 24.0 Å². The first kappa shape index (κ1) is 18.8. The van der Waals surface area contributed by atoms with Gasteiger partial charge in [0.25, 0.3) is 0 Å². The Balaban J connectivity index is 0.00000196. The minimum atomic E-state index is -0.390. The molecule has 1 saturated heterocycles. The number of rotatable bonds is 3. The van der Waals surface area contributed by atoms with Gasteiger partial charge in [0.15, 0.2) is 0 Å². The molecule has 2 N–H and O–H groups in total. The molecule has 138 valence electrons. The summed E-state index contributed by atoms with van der Waals surface area (Å²) in [6, 6.07) is 10.1. The summed E-state index contributed by atoms with van der Waals surface area (Å²) in [5, 5.41) is 6.29. The Kier molecular flexibility index (Phi) is 5.30. The monoisotopic (exact) mass is 378 g/mol. The van der Waals surface area contributed by atoms with E-state index in [-0.39, 0.29) is 35.5 Å². The van der Waals surface area contributed by atoms with Crippen molar-refractivity contribution in [2.24, 2.45) is 11.3 Å². The maximum atomic E-state index is 13.7. The Morgan fingerprint density at radius 2 is 1.69 bits per heavy atom. The molecule has 3 nitrogen and oxygen atoms in total. The first-order chi connectivity index (χ1) is 12.1.